The number of rotatable bonds is 8. The Bertz CT molecular complexity index is 813. The molecule has 0 aromatic heterocycles. The molecular weight excluding hydrogens is 360 g/mol. The number of benzene rings is 2. The molecule has 0 bridgehead atoms. The lowest BCUT2D eigenvalue weighted by Crippen LogP contribution is -2.44. The molecular formula is C19H19F2NO5. The third-order valence-electron chi connectivity index (χ3n) is 4.14. The number of hydrogen-bond acceptors (Lipinski definition) is 4. The van der Waals surface area contributed by atoms with Crippen molar-refractivity contribution < 1.29 is 33.0 Å². The van der Waals surface area contributed by atoms with Crippen LogP contribution in [0.5, 0.6) is 11.5 Å². The Balaban J connectivity index is 2.28. The molecule has 0 spiro atoms. The van der Waals surface area contributed by atoms with Crippen molar-refractivity contribution in [1.29, 1.82) is 0 Å². The third-order valence-corrected chi connectivity index (χ3v) is 4.14. The van der Waals surface area contributed by atoms with E-state index in [4.69, 9.17) is 4.74 Å². The van der Waals surface area contributed by atoms with E-state index in [0.29, 0.717) is 5.56 Å². The number of carbonyl (C=O) groups excluding carboxylic acids is 1. The Morgan fingerprint density at radius 1 is 1.15 bits per heavy atom. The van der Waals surface area contributed by atoms with Gasteiger partial charge in [-0.15, -0.1) is 0 Å². The van der Waals surface area contributed by atoms with Crippen LogP contribution in [0.2, 0.25) is 0 Å². The maximum Gasteiger partial charge on any atom is 0.387 e. The van der Waals surface area contributed by atoms with E-state index in [1.165, 1.54) is 32.2 Å². The number of alkyl halides is 2. The molecule has 0 heterocycles. The van der Waals surface area contributed by atoms with Gasteiger partial charge in [-0.2, -0.15) is 8.78 Å². The molecule has 1 unspecified atom stereocenters. The zero-order chi connectivity index (χ0) is 20.0. The summed E-state index contributed by atoms with van der Waals surface area (Å²) in [4.78, 5) is 24.3. The molecule has 8 heteroatoms. The van der Waals surface area contributed by atoms with Crippen molar-refractivity contribution in [2.45, 2.75) is 19.0 Å². The SMILES string of the molecule is COc1cccc(C(=O)NCC(C)(C(=O)O)c2ccccc2)c1OC(F)F. The fourth-order valence-electron chi connectivity index (χ4n) is 2.53. The Morgan fingerprint density at radius 2 is 1.81 bits per heavy atom. The molecule has 2 N–H and O–H groups in total. The van der Waals surface area contributed by atoms with Gasteiger partial charge in [0.2, 0.25) is 0 Å². The van der Waals surface area contributed by atoms with Gasteiger partial charge in [-0.3, -0.25) is 9.59 Å². The zero-order valence-electron chi connectivity index (χ0n) is 14.7. The van der Waals surface area contributed by atoms with E-state index in [0.717, 1.165) is 0 Å². The molecule has 2 rings (SSSR count). The zero-order valence-corrected chi connectivity index (χ0v) is 14.7. The molecule has 1 amide bonds. The average Bonchev–Trinajstić information content (AvgIpc) is 2.66. The van der Waals surface area contributed by atoms with Gasteiger partial charge in [0.1, 0.15) is 5.41 Å². The first-order valence-corrected chi connectivity index (χ1v) is 7.98. The second-order valence-corrected chi connectivity index (χ2v) is 5.90. The molecule has 2 aromatic carbocycles. The molecule has 0 fully saturated rings. The lowest BCUT2D eigenvalue weighted by atomic mass is 9.82. The predicted octanol–water partition coefficient (Wildman–Crippen LogP) is 3.07. The van der Waals surface area contributed by atoms with Crippen LogP contribution >= 0.6 is 0 Å². The van der Waals surface area contributed by atoms with Gasteiger partial charge in [-0.1, -0.05) is 36.4 Å². The van der Waals surface area contributed by atoms with Gasteiger partial charge >= 0.3 is 12.6 Å². The number of ether oxygens (including phenoxy) is 2. The normalized spacial score (nSPS) is 12.9. The molecule has 0 radical (unpaired) electrons. The van der Waals surface area contributed by atoms with Crippen LogP contribution in [-0.2, 0) is 10.2 Å². The van der Waals surface area contributed by atoms with Crippen LogP contribution < -0.4 is 14.8 Å². The minimum atomic E-state index is -3.15. The number of para-hydroxylation sites is 1. The maximum atomic E-state index is 12.7. The first-order chi connectivity index (χ1) is 12.8. The first kappa shape index (κ1) is 20.2. The number of carboxylic acids is 1. The fourth-order valence-corrected chi connectivity index (χ4v) is 2.53. The number of halogens is 2. The van der Waals surface area contributed by atoms with Gasteiger partial charge in [0.15, 0.2) is 11.5 Å². The standard InChI is InChI=1S/C19H19F2NO5/c1-19(17(24)25,12-7-4-3-5-8-12)11-22-16(23)13-9-6-10-14(26-2)15(13)27-18(20)21/h3-10,18H,11H2,1-2H3,(H,22,23)(H,24,25). The summed E-state index contributed by atoms with van der Waals surface area (Å²) in [5.41, 5.74) is -1.09. The monoisotopic (exact) mass is 379 g/mol. The Morgan fingerprint density at radius 3 is 2.37 bits per heavy atom. The fraction of sp³-hybridized carbons (Fsp3) is 0.263. The summed E-state index contributed by atoms with van der Waals surface area (Å²) < 4.78 is 34.8. The van der Waals surface area contributed by atoms with Gasteiger partial charge in [0.25, 0.3) is 5.91 Å². The van der Waals surface area contributed by atoms with E-state index in [2.05, 4.69) is 10.1 Å². The average molecular weight is 379 g/mol. The number of hydrogen-bond donors (Lipinski definition) is 2. The molecule has 6 nitrogen and oxygen atoms in total. The van der Waals surface area contributed by atoms with Gasteiger partial charge in [0, 0.05) is 6.54 Å². The van der Waals surface area contributed by atoms with Crippen molar-refractivity contribution in [1.82, 2.24) is 5.32 Å². The van der Waals surface area contributed by atoms with Crippen molar-refractivity contribution in [2.75, 3.05) is 13.7 Å². The van der Waals surface area contributed by atoms with Crippen LogP contribution in [0.1, 0.15) is 22.8 Å². The van der Waals surface area contributed by atoms with E-state index in [1.807, 2.05) is 0 Å². The van der Waals surface area contributed by atoms with Crippen molar-refractivity contribution >= 4 is 11.9 Å². The smallest absolute Gasteiger partial charge is 0.387 e. The van der Waals surface area contributed by atoms with Crippen LogP contribution in [0.4, 0.5) is 8.78 Å². The molecule has 0 aliphatic rings. The summed E-state index contributed by atoms with van der Waals surface area (Å²) in [5.74, 6) is -2.34. The summed E-state index contributed by atoms with van der Waals surface area (Å²) in [6.45, 7) is -1.94. The van der Waals surface area contributed by atoms with E-state index in [-0.39, 0.29) is 17.9 Å². The minimum Gasteiger partial charge on any atom is -0.493 e. The van der Waals surface area contributed by atoms with Crippen LogP contribution in [0.15, 0.2) is 48.5 Å². The Kier molecular flexibility index (Phi) is 6.33. The summed E-state index contributed by atoms with van der Waals surface area (Å²) in [7, 11) is 1.26. The second-order valence-electron chi connectivity index (χ2n) is 5.90. The number of carbonyl (C=O) groups is 2. The summed E-state index contributed by atoms with van der Waals surface area (Å²) in [5, 5.41) is 12.1. The van der Waals surface area contributed by atoms with Crippen molar-refractivity contribution in [3.8, 4) is 11.5 Å². The number of nitrogens with one attached hydrogen (secondary N) is 1. The number of amides is 1. The molecule has 27 heavy (non-hydrogen) atoms. The highest BCUT2D eigenvalue weighted by molar-refractivity contribution is 5.98. The highest BCUT2D eigenvalue weighted by Gasteiger charge is 2.36. The quantitative estimate of drug-likeness (QED) is 0.736. The number of methoxy groups -OCH3 is 1. The number of aliphatic carboxylic acids is 1. The molecule has 144 valence electrons. The van der Waals surface area contributed by atoms with E-state index in [9.17, 15) is 23.5 Å². The van der Waals surface area contributed by atoms with E-state index < -0.39 is 29.7 Å². The van der Waals surface area contributed by atoms with Crippen LogP contribution in [0.25, 0.3) is 0 Å². The summed E-state index contributed by atoms with van der Waals surface area (Å²) in [6, 6.07) is 12.5. The highest BCUT2D eigenvalue weighted by atomic mass is 19.3. The lowest BCUT2D eigenvalue weighted by Gasteiger charge is -2.26. The molecule has 1 atom stereocenters. The van der Waals surface area contributed by atoms with Crippen LogP contribution in [0, 0.1) is 0 Å². The summed E-state index contributed by atoms with van der Waals surface area (Å²) >= 11 is 0. The van der Waals surface area contributed by atoms with E-state index >= 15 is 0 Å². The number of carboxylic acid groups (broad SMARTS) is 1. The van der Waals surface area contributed by atoms with Crippen LogP contribution in [-0.4, -0.2) is 37.2 Å². The van der Waals surface area contributed by atoms with Crippen molar-refractivity contribution in [3.63, 3.8) is 0 Å². The van der Waals surface area contributed by atoms with Gasteiger partial charge in [-0.25, -0.2) is 0 Å². The molecule has 0 aliphatic heterocycles. The first-order valence-electron chi connectivity index (χ1n) is 7.98. The van der Waals surface area contributed by atoms with E-state index in [1.54, 1.807) is 30.3 Å². The Hall–Kier alpha value is -3.16. The predicted molar refractivity (Wildman–Crippen MR) is 93.4 cm³/mol. The molecule has 2 aromatic rings. The molecule has 0 saturated heterocycles. The topological polar surface area (TPSA) is 84.9 Å². The van der Waals surface area contributed by atoms with Crippen molar-refractivity contribution in [2.24, 2.45) is 0 Å². The highest BCUT2D eigenvalue weighted by Crippen LogP contribution is 2.32. The molecule has 0 saturated carbocycles. The van der Waals surface area contributed by atoms with Crippen molar-refractivity contribution in [3.05, 3.63) is 59.7 Å². The van der Waals surface area contributed by atoms with Gasteiger partial charge < -0.3 is 19.9 Å². The lowest BCUT2D eigenvalue weighted by molar-refractivity contribution is -0.142. The third kappa shape index (κ3) is 4.52. The minimum absolute atomic E-state index is 0.0352. The Labute approximate surface area is 154 Å². The van der Waals surface area contributed by atoms with Gasteiger partial charge in [0.05, 0.1) is 12.7 Å². The largest absolute Gasteiger partial charge is 0.493 e. The molecule has 0 aliphatic carbocycles. The van der Waals surface area contributed by atoms with Gasteiger partial charge in [-0.05, 0) is 24.6 Å². The van der Waals surface area contributed by atoms with Crippen LogP contribution in [0.3, 0.4) is 0 Å². The second kappa shape index (κ2) is 8.48. The maximum absolute atomic E-state index is 12.7. The summed E-state index contributed by atoms with van der Waals surface area (Å²) in [6.07, 6.45) is 0.